The fraction of sp³-hybridized carbons (Fsp3) is 0.500. The van der Waals surface area contributed by atoms with Crippen LogP contribution in [0.4, 0.5) is 0 Å². The molecule has 1 aliphatic heterocycles. The van der Waals surface area contributed by atoms with Crippen LogP contribution in [0.25, 0.3) is 0 Å². The molecule has 1 aliphatic rings. The van der Waals surface area contributed by atoms with E-state index < -0.39 is 0 Å². The normalized spacial score (nSPS) is 29.9. The summed E-state index contributed by atoms with van der Waals surface area (Å²) in [7, 11) is 0. The topological polar surface area (TPSA) is 50.1 Å². The number of benzene rings is 1. The summed E-state index contributed by atoms with van der Waals surface area (Å²) in [6.07, 6.45) is 1.06. The summed E-state index contributed by atoms with van der Waals surface area (Å²) < 4.78 is 0. The summed E-state index contributed by atoms with van der Waals surface area (Å²) in [4.78, 5) is -0.0884. The van der Waals surface area contributed by atoms with Gasteiger partial charge in [0, 0.05) is 0 Å². The average molecular weight is 237 g/mol. The predicted octanol–water partition coefficient (Wildman–Crippen LogP) is 1.97. The summed E-state index contributed by atoms with van der Waals surface area (Å²) in [6, 6.07) is 10.5. The Bertz CT molecular complexity index is 341. The van der Waals surface area contributed by atoms with Crippen molar-refractivity contribution < 1.29 is 0 Å². The molecular weight excluding hydrogens is 218 g/mol. The van der Waals surface area contributed by atoms with Crippen molar-refractivity contribution in [3.8, 4) is 0 Å². The zero-order valence-corrected chi connectivity index (χ0v) is 10.6. The largest absolute Gasteiger partial charge is 0.306 e. The van der Waals surface area contributed by atoms with E-state index in [9.17, 15) is 0 Å². The lowest BCUT2D eigenvalue weighted by molar-refractivity contribution is 0.366. The van der Waals surface area contributed by atoms with Gasteiger partial charge < -0.3 is 5.73 Å². The molecule has 0 aliphatic carbocycles. The van der Waals surface area contributed by atoms with Crippen molar-refractivity contribution in [1.82, 2.24) is 10.9 Å². The van der Waals surface area contributed by atoms with Gasteiger partial charge in [-0.05, 0) is 17.9 Å². The van der Waals surface area contributed by atoms with Gasteiger partial charge in [0.05, 0.1) is 0 Å². The molecule has 1 aromatic rings. The van der Waals surface area contributed by atoms with Crippen LogP contribution in [0, 0.1) is 5.92 Å². The molecule has 1 saturated heterocycles. The van der Waals surface area contributed by atoms with Gasteiger partial charge in [-0.15, -0.1) is 0 Å². The number of nitrogens with two attached hydrogens (primary N) is 1. The maximum atomic E-state index is 5.91. The first kappa shape index (κ1) is 11.9. The van der Waals surface area contributed by atoms with Crippen molar-refractivity contribution in [2.75, 3.05) is 0 Å². The Kier molecular flexibility index (Phi) is 3.54. The highest BCUT2D eigenvalue weighted by atomic mass is 32.2. The second kappa shape index (κ2) is 4.75. The number of hydrazine groups is 1. The third-order valence-electron chi connectivity index (χ3n) is 2.68. The van der Waals surface area contributed by atoms with Gasteiger partial charge in [-0.3, -0.25) is 0 Å². The third kappa shape index (κ3) is 2.40. The fourth-order valence-corrected chi connectivity index (χ4v) is 3.47. The molecule has 0 bridgehead atoms. The molecule has 0 spiro atoms. The van der Waals surface area contributed by atoms with Gasteiger partial charge >= 0.3 is 0 Å². The quantitative estimate of drug-likeness (QED) is 0.752. The van der Waals surface area contributed by atoms with Crippen LogP contribution < -0.4 is 16.6 Å². The molecule has 0 aromatic heterocycles. The Morgan fingerprint density at radius 2 is 2.06 bits per heavy atom. The van der Waals surface area contributed by atoms with Crippen LogP contribution in [0.15, 0.2) is 30.3 Å². The van der Waals surface area contributed by atoms with E-state index in [1.54, 1.807) is 11.8 Å². The lowest BCUT2D eigenvalue weighted by Crippen LogP contribution is -2.43. The van der Waals surface area contributed by atoms with Crippen LogP contribution in [0.2, 0.25) is 0 Å². The van der Waals surface area contributed by atoms with E-state index in [2.05, 4.69) is 49.0 Å². The minimum absolute atomic E-state index is 0.0426. The van der Waals surface area contributed by atoms with E-state index in [0.29, 0.717) is 5.92 Å². The zero-order chi connectivity index (χ0) is 11.6. The van der Waals surface area contributed by atoms with Gasteiger partial charge in [-0.1, -0.05) is 55.9 Å². The van der Waals surface area contributed by atoms with Gasteiger partial charge in [0.1, 0.15) is 10.4 Å². The highest BCUT2D eigenvalue weighted by Crippen LogP contribution is 2.42. The molecule has 0 amide bonds. The third-order valence-corrected chi connectivity index (χ3v) is 3.96. The molecule has 1 aromatic carbocycles. The second-order valence-corrected chi connectivity index (χ2v) is 6.04. The molecule has 1 fully saturated rings. The van der Waals surface area contributed by atoms with Gasteiger partial charge in [-0.25, -0.2) is 10.9 Å². The van der Waals surface area contributed by atoms with Crippen molar-refractivity contribution >= 4 is 11.8 Å². The van der Waals surface area contributed by atoms with Gasteiger partial charge in [0.15, 0.2) is 0 Å². The van der Waals surface area contributed by atoms with Crippen molar-refractivity contribution in [3.05, 3.63) is 35.9 Å². The van der Waals surface area contributed by atoms with Gasteiger partial charge in [0.25, 0.3) is 0 Å². The molecule has 0 radical (unpaired) electrons. The SMILES string of the molecule is CC(C)CC1(c2ccccc2)NNC(N)S1. The molecule has 4 heteroatoms. The first-order valence-corrected chi connectivity index (χ1v) is 6.52. The maximum Gasteiger partial charge on any atom is 0.118 e. The first-order valence-electron chi connectivity index (χ1n) is 5.64. The van der Waals surface area contributed by atoms with Crippen molar-refractivity contribution in [2.45, 2.75) is 30.6 Å². The van der Waals surface area contributed by atoms with Crippen LogP contribution in [0.3, 0.4) is 0 Å². The summed E-state index contributed by atoms with van der Waals surface area (Å²) in [5.41, 5.74) is 13.6. The van der Waals surface area contributed by atoms with Gasteiger partial charge in [0.2, 0.25) is 0 Å². The number of hydrogen-bond donors (Lipinski definition) is 3. The number of nitrogens with one attached hydrogen (secondary N) is 2. The molecular formula is C12H19N3S. The maximum absolute atomic E-state index is 5.91. The number of hydrogen-bond acceptors (Lipinski definition) is 4. The predicted molar refractivity (Wildman–Crippen MR) is 69.4 cm³/mol. The van der Waals surface area contributed by atoms with Crippen molar-refractivity contribution in [2.24, 2.45) is 11.7 Å². The first-order chi connectivity index (χ1) is 7.62. The highest BCUT2D eigenvalue weighted by Gasteiger charge is 2.40. The summed E-state index contributed by atoms with van der Waals surface area (Å²) >= 11 is 1.75. The average Bonchev–Trinajstić information content (AvgIpc) is 2.62. The van der Waals surface area contributed by atoms with Crippen LogP contribution in [0.5, 0.6) is 0 Å². The minimum Gasteiger partial charge on any atom is -0.306 e. The fourth-order valence-electron chi connectivity index (χ4n) is 2.10. The lowest BCUT2D eigenvalue weighted by atomic mass is 9.97. The van der Waals surface area contributed by atoms with E-state index in [1.165, 1.54) is 5.56 Å². The Morgan fingerprint density at radius 1 is 1.38 bits per heavy atom. The molecule has 3 nitrogen and oxygen atoms in total. The molecule has 2 atom stereocenters. The van der Waals surface area contributed by atoms with E-state index in [4.69, 9.17) is 5.73 Å². The Labute approximate surface area is 101 Å². The van der Waals surface area contributed by atoms with Gasteiger partial charge in [-0.2, -0.15) is 0 Å². The van der Waals surface area contributed by atoms with E-state index in [-0.39, 0.29) is 10.4 Å². The van der Waals surface area contributed by atoms with Crippen molar-refractivity contribution in [1.29, 1.82) is 0 Å². The second-order valence-electron chi connectivity index (χ2n) is 4.60. The molecule has 0 saturated carbocycles. The van der Waals surface area contributed by atoms with Crippen LogP contribution in [-0.4, -0.2) is 5.50 Å². The molecule has 2 rings (SSSR count). The van der Waals surface area contributed by atoms with E-state index >= 15 is 0 Å². The number of rotatable bonds is 3. The van der Waals surface area contributed by atoms with Crippen LogP contribution in [-0.2, 0) is 4.87 Å². The zero-order valence-electron chi connectivity index (χ0n) is 9.73. The van der Waals surface area contributed by atoms with Crippen molar-refractivity contribution in [3.63, 3.8) is 0 Å². The lowest BCUT2D eigenvalue weighted by Gasteiger charge is -2.30. The summed E-state index contributed by atoms with van der Waals surface area (Å²) in [5, 5.41) is 0. The van der Waals surface area contributed by atoms with E-state index in [1.807, 2.05) is 6.07 Å². The number of thioether (sulfide) groups is 1. The summed E-state index contributed by atoms with van der Waals surface area (Å²) in [5.74, 6) is 0.618. The Hall–Kier alpha value is -0.550. The molecule has 4 N–H and O–H groups in total. The standard InChI is InChI=1S/C12H19N3S/c1-9(2)8-12(15-14-11(13)16-12)10-6-4-3-5-7-10/h3-7,9,11,14-15H,8,13H2,1-2H3. The monoisotopic (exact) mass is 237 g/mol. The minimum atomic E-state index is -0.0884. The summed E-state index contributed by atoms with van der Waals surface area (Å²) in [6.45, 7) is 4.47. The smallest absolute Gasteiger partial charge is 0.118 e. The molecule has 2 unspecified atom stereocenters. The molecule has 1 heterocycles. The highest BCUT2D eigenvalue weighted by molar-refractivity contribution is 8.00. The Morgan fingerprint density at radius 3 is 2.56 bits per heavy atom. The molecule has 88 valence electrons. The van der Waals surface area contributed by atoms with E-state index in [0.717, 1.165) is 6.42 Å². The van der Waals surface area contributed by atoms with Crippen LogP contribution >= 0.6 is 11.8 Å². The van der Waals surface area contributed by atoms with Crippen LogP contribution in [0.1, 0.15) is 25.8 Å². The molecule has 16 heavy (non-hydrogen) atoms. The Balaban J connectivity index is 2.28.